The molecule has 0 fully saturated rings. The highest BCUT2D eigenvalue weighted by molar-refractivity contribution is 6.04. The number of carbonyl (C=O) groups excluding carboxylic acids is 2. The number of aryl methyl sites for hydroxylation is 1. The van der Waals surface area contributed by atoms with Gasteiger partial charge in [0.15, 0.2) is 23.8 Å². The molecule has 178 valence electrons. The molecule has 0 saturated carbocycles. The number of hydrogen-bond acceptors (Lipinski definition) is 6. The second-order valence-electron chi connectivity index (χ2n) is 7.80. The standard InChI is InChI=1S/C26H25N5O4/c1-17-8-6-11-21(14-17)31-18(2)25(29-30-31)26(33)28-20-10-7-9-19(15-20)27-24(32)16-35-23-13-5-4-12-22(23)34-3/h4-15H,16H2,1-3H3,(H,27,32)(H,28,33). The van der Waals surface area contributed by atoms with E-state index in [0.29, 0.717) is 28.6 Å². The molecule has 1 heterocycles. The van der Waals surface area contributed by atoms with Crippen LogP contribution in [0.15, 0.2) is 72.8 Å². The molecule has 4 aromatic rings. The van der Waals surface area contributed by atoms with Crippen molar-refractivity contribution in [2.45, 2.75) is 13.8 Å². The number of benzene rings is 3. The predicted octanol–water partition coefficient (Wildman–Crippen LogP) is 4.16. The second-order valence-corrected chi connectivity index (χ2v) is 7.80. The molecule has 1 aromatic heterocycles. The van der Waals surface area contributed by atoms with Crippen LogP contribution in [0.5, 0.6) is 11.5 Å². The van der Waals surface area contributed by atoms with Gasteiger partial charge in [-0.05, 0) is 61.9 Å². The maximum absolute atomic E-state index is 12.9. The first-order valence-electron chi connectivity index (χ1n) is 10.9. The molecule has 9 nitrogen and oxygen atoms in total. The summed E-state index contributed by atoms with van der Waals surface area (Å²) in [4.78, 5) is 25.2. The Morgan fingerprint density at radius 2 is 1.60 bits per heavy atom. The summed E-state index contributed by atoms with van der Waals surface area (Å²) in [5.41, 5.74) is 3.75. The van der Waals surface area contributed by atoms with Crippen molar-refractivity contribution >= 4 is 23.2 Å². The Bertz CT molecular complexity index is 1370. The molecule has 0 saturated heterocycles. The predicted molar refractivity (Wildman–Crippen MR) is 132 cm³/mol. The summed E-state index contributed by atoms with van der Waals surface area (Å²) in [6.45, 7) is 3.58. The minimum atomic E-state index is -0.399. The molecule has 9 heteroatoms. The first kappa shape index (κ1) is 23.5. The van der Waals surface area contributed by atoms with Gasteiger partial charge in [0, 0.05) is 11.4 Å². The van der Waals surface area contributed by atoms with Crippen molar-refractivity contribution in [3.05, 3.63) is 89.7 Å². The Hall–Kier alpha value is -4.66. The molecule has 2 amide bonds. The number of hydrogen-bond donors (Lipinski definition) is 2. The lowest BCUT2D eigenvalue weighted by Gasteiger charge is -2.11. The summed E-state index contributed by atoms with van der Waals surface area (Å²) in [5.74, 6) is 0.264. The molecule has 4 rings (SSSR count). The number of aromatic nitrogens is 3. The van der Waals surface area contributed by atoms with E-state index in [1.807, 2.05) is 37.3 Å². The van der Waals surface area contributed by atoms with E-state index in [-0.39, 0.29) is 18.2 Å². The summed E-state index contributed by atoms with van der Waals surface area (Å²) < 4.78 is 12.4. The lowest BCUT2D eigenvalue weighted by Crippen LogP contribution is -2.20. The summed E-state index contributed by atoms with van der Waals surface area (Å²) >= 11 is 0. The van der Waals surface area contributed by atoms with Crippen LogP contribution in [0, 0.1) is 13.8 Å². The molecule has 0 aliphatic rings. The fourth-order valence-electron chi connectivity index (χ4n) is 3.49. The van der Waals surface area contributed by atoms with Crippen LogP contribution in [-0.4, -0.2) is 40.5 Å². The molecule has 35 heavy (non-hydrogen) atoms. The molecule has 2 N–H and O–H groups in total. The highest BCUT2D eigenvalue weighted by atomic mass is 16.5. The molecule has 0 spiro atoms. The number of nitrogens with one attached hydrogen (secondary N) is 2. The molecule has 0 atom stereocenters. The highest BCUT2D eigenvalue weighted by Gasteiger charge is 2.18. The average molecular weight is 472 g/mol. The number of methoxy groups -OCH3 is 1. The molecule has 0 bridgehead atoms. The van der Waals surface area contributed by atoms with Crippen LogP contribution in [0.4, 0.5) is 11.4 Å². The van der Waals surface area contributed by atoms with E-state index in [0.717, 1.165) is 11.3 Å². The van der Waals surface area contributed by atoms with Crippen LogP contribution in [-0.2, 0) is 4.79 Å². The fraction of sp³-hybridized carbons (Fsp3) is 0.154. The van der Waals surface area contributed by atoms with E-state index in [1.54, 1.807) is 54.1 Å². The maximum atomic E-state index is 12.9. The Kier molecular flexibility index (Phi) is 7.06. The summed E-state index contributed by atoms with van der Waals surface area (Å²) in [6.07, 6.45) is 0. The molecule has 0 aliphatic heterocycles. The number of carbonyl (C=O) groups is 2. The van der Waals surface area contributed by atoms with Crippen LogP contribution in [0.3, 0.4) is 0 Å². The Labute approximate surface area is 202 Å². The van der Waals surface area contributed by atoms with Gasteiger partial charge in [-0.1, -0.05) is 35.5 Å². The summed E-state index contributed by atoms with van der Waals surface area (Å²) in [7, 11) is 1.53. The Morgan fingerprint density at radius 1 is 0.886 bits per heavy atom. The number of anilines is 2. The topological polar surface area (TPSA) is 107 Å². The smallest absolute Gasteiger partial charge is 0.278 e. The van der Waals surface area contributed by atoms with Crippen LogP contribution in [0.25, 0.3) is 5.69 Å². The van der Waals surface area contributed by atoms with Gasteiger partial charge in [0.05, 0.1) is 18.5 Å². The molecular weight excluding hydrogens is 446 g/mol. The van der Waals surface area contributed by atoms with Crippen molar-refractivity contribution in [3.63, 3.8) is 0 Å². The zero-order valence-electron chi connectivity index (χ0n) is 19.6. The fourth-order valence-corrected chi connectivity index (χ4v) is 3.49. The lowest BCUT2D eigenvalue weighted by atomic mass is 10.2. The third kappa shape index (κ3) is 5.64. The zero-order chi connectivity index (χ0) is 24.8. The van der Waals surface area contributed by atoms with Gasteiger partial charge in [-0.2, -0.15) is 0 Å². The van der Waals surface area contributed by atoms with E-state index >= 15 is 0 Å². The number of ether oxygens (including phenoxy) is 2. The van der Waals surface area contributed by atoms with E-state index in [1.165, 1.54) is 7.11 Å². The summed E-state index contributed by atoms with van der Waals surface area (Å²) in [6, 6.07) is 21.7. The monoisotopic (exact) mass is 471 g/mol. The number of rotatable bonds is 8. The third-order valence-corrected chi connectivity index (χ3v) is 5.19. The molecular formula is C26H25N5O4. The third-order valence-electron chi connectivity index (χ3n) is 5.19. The van der Waals surface area contributed by atoms with Crippen LogP contribution < -0.4 is 20.1 Å². The van der Waals surface area contributed by atoms with E-state index in [4.69, 9.17) is 9.47 Å². The van der Waals surface area contributed by atoms with Crippen molar-refractivity contribution in [3.8, 4) is 17.2 Å². The number of amides is 2. The van der Waals surface area contributed by atoms with Gasteiger partial charge in [-0.25, -0.2) is 4.68 Å². The van der Waals surface area contributed by atoms with E-state index in [9.17, 15) is 9.59 Å². The first-order chi connectivity index (χ1) is 16.9. The average Bonchev–Trinajstić information content (AvgIpc) is 3.24. The van der Waals surface area contributed by atoms with Gasteiger partial charge < -0.3 is 20.1 Å². The second kappa shape index (κ2) is 10.5. The van der Waals surface area contributed by atoms with Gasteiger partial charge in [-0.3, -0.25) is 9.59 Å². The van der Waals surface area contributed by atoms with Crippen molar-refractivity contribution < 1.29 is 19.1 Å². The van der Waals surface area contributed by atoms with Crippen molar-refractivity contribution in [1.29, 1.82) is 0 Å². The normalized spacial score (nSPS) is 10.5. The van der Waals surface area contributed by atoms with E-state index in [2.05, 4.69) is 20.9 Å². The minimum Gasteiger partial charge on any atom is -0.493 e. The highest BCUT2D eigenvalue weighted by Crippen LogP contribution is 2.25. The van der Waals surface area contributed by atoms with Crippen LogP contribution in [0.2, 0.25) is 0 Å². The number of para-hydroxylation sites is 2. The Morgan fingerprint density at radius 3 is 2.34 bits per heavy atom. The van der Waals surface area contributed by atoms with Gasteiger partial charge >= 0.3 is 0 Å². The van der Waals surface area contributed by atoms with Crippen LogP contribution >= 0.6 is 0 Å². The van der Waals surface area contributed by atoms with E-state index < -0.39 is 5.91 Å². The number of nitrogens with zero attached hydrogens (tertiary/aromatic N) is 3. The summed E-state index contributed by atoms with van der Waals surface area (Å²) in [5, 5.41) is 13.8. The molecule has 3 aromatic carbocycles. The van der Waals surface area contributed by atoms with Gasteiger partial charge in [0.1, 0.15) is 0 Å². The Balaban J connectivity index is 1.39. The van der Waals surface area contributed by atoms with Crippen molar-refractivity contribution in [2.24, 2.45) is 0 Å². The lowest BCUT2D eigenvalue weighted by molar-refractivity contribution is -0.118. The first-order valence-corrected chi connectivity index (χ1v) is 10.9. The minimum absolute atomic E-state index is 0.196. The van der Waals surface area contributed by atoms with Gasteiger partial charge in [0.25, 0.3) is 11.8 Å². The maximum Gasteiger partial charge on any atom is 0.278 e. The quantitative estimate of drug-likeness (QED) is 0.400. The largest absolute Gasteiger partial charge is 0.493 e. The van der Waals surface area contributed by atoms with Crippen molar-refractivity contribution in [1.82, 2.24) is 15.0 Å². The SMILES string of the molecule is COc1ccccc1OCC(=O)Nc1cccc(NC(=O)c2nnn(-c3cccc(C)c3)c2C)c1. The van der Waals surface area contributed by atoms with Gasteiger partial charge in [-0.15, -0.1) is 5.10 Å². The molecule has 0 aliphatic carbocycles. The zero-order valence-corrected chi connectivity index (χ0v) is 19.6. The van der Waals surface area contributed by atoms with Crippen LogP contribution in [0.1, 0.15) is 21.7 Å². The molecule has 0 radical (unpaired) electrons. The van der Waals surface area contributed by atoms with Crippen molar-refractivity contribution in [2.75, 3.05) is 24.4 Å². The molecule has 0 unspecified atom stereocenters. The van der Waals surface area contributed by atoms with Gasteiger partial charge in [0.2, 0.25) is 0 Å².